The zero-order valence-corrected chi connectivity index (χ0v) is 16.1. The Morgan fingerprint density at radius 2 is 2.00 bits per heavy atom. The highest BCUT2D eigenvalue weighted by atomic mass is 16.6. The van der Waals surface area contributed by atoms with Crippen molar-refractivity contribution in [1.82, 2.24) is 14.9 Å². The Kier molecular flexibility index (Phi) is 7.10. The number of hydrogen-bond acceptors (Lipinski definition) is 8. The van der Waals surface area contributed by atoms with E-state index in [1.54, 1.807) is 11.9 Å². The molecule has 1 saturated heterocycles. The summed E-state index contributed by atoms with van der Waals surface area (Å²) in [6, 6.07) is 9.79. The summed E-state index contributed by atoms with van der Waals surface area (Å²) in [5, 5.41) is 14.8. The number of nitrogens with one attached hydrogen (secondary N) is 1. The molecule has 0 atom stereocenters. The van der Waals surface area contributed by atoms with E-state index in [0.29, 0.717) is 18.9 Å². The molecule has 150 valence electrons. The van der Waals surface area contributed by atoms with E-state index in [4.69, 9.17) is 4.74 Å². The van der Waals surface area contributed by atoms with E-state index < -0.39 is 4.92 Å². The van der Waals surface area contributed by atoms with Crippen LogP contribution in [-0.4, -0.2) is 66.2 Å². The first-order valence-corrected chi connectivity index (χ1v) is 9.43. The molecule has 9 nitrogen and oxygen atoms in total. The first kappa shape index (κ1) is 20.0. The molecule has 1 aromatic heterocycles. The van der Waals surface area contributed by atoms with Crippen LogP contribution in [0.5, 0.6) is 0 Å². The van der Waals surface area contributed by atoms with Gasteiger partial charge in [0.2, 0.25) is 11.6 Å². The maximum Gasteiger partial charge on any atom is 0.353 e. The van der Waals surface area contributed by atoms with E-state index in [-0.39, 0.29) is 11.5 Å². The maximum atomic E-state index is 11.7. The molecule has 3 rings (SSSR count). The minimum atomic E-state index is -0.416. The third-order valence-corrected chi connectivity index (χ3v) is 4.66. The molecule has 0 radical (unpaired) electrons. The van der Waals surface area contributed by atoms with Crippen molar-refractivity contribution < 1.29 is 9.66 Å². The van der Waals surface area contributed by atoms with Crippen LogP contribution in [0.25, 0.3) is 0 Å². The lowest BCUT2D eigenvalue weighted by atomic mass is 10.2. The number of benzene rings is 1. The Bertz CT molecular complexity index is 768. The van der Waals surface area contributed by atoms with Gasteiger partial charge in [-0.05, 0) is 18.5 Å². The van der Waals surface area contributed by atoms with Crippen LogP contribution in [0.3, 0.4) is 0 Å². The van der Waals surface area contributed by atoms with E-state index >= 15 is 0 Å². The smallest absolute Gasteiger partial charge is 0.353 e. The van der Waals surface area contributed by atoms with E-state index in [9.17, 15) is 10.1 Å². The molecule has 2 heterocycles. The molecule has 0 bridgehead atoms. The molecule has 1 aliphatic rings. The first-order chi connectivity index (χ1) is 13.6. The van der Waals surface area contributed by atoms with Crippen molar-refractivity contribution in [3.63, 3.8) is 0 Å². The lowest BCUT2D eigenvalue weighted by molar-refractivity contribution is -0.383. The van der Waals surface area contributed by atoms with Gasteiger partial charge in [-0.1, -0.05) is 30.3 Å². The summed E-state index contributed by atoms with van der Waals surface area (Å²) in [5.41, 5.74) is 0.963. The summed E-state index contributed by atoms with van der Waals surface area (Å²) in [5.74, 6) is 0.566. The van der Waals surface area contributed by atoms with Gasteiger partial charge in [-0.3, -0.25) is 15.0 Å². The lowest BCUT2D eigenvalue weighted by Gasteiger charge is -2.26. The molecule has 0 unspecified atom stereocenters. The number of aromatic nitrogens is 2. The van der Waals surface area contributed by atoms with Gasteiger partial charge in [0.25, 0.3) is 0 Å². The van der Waals surface area contributed by atoms with Gasteiger partial charge in [-0.15, -0.1) is 0 Å². The van der Waals surface area contributed by atoms with E-state index in [1.807, 2.05) is 30.3 Å². The van der Waals surface area contributed by atoms with E-state index in [0.717, 1.165) is 44.8 Å². The highest BCUT2D eigenvalue weighted by molar-refractivity contribution is 5.70. The van der Waals surface area contributed by atoms with Crippen LogP contribution in [0.15, 0.2) is 36.7 Å². The molecule has 1 aliphatic heterocycles. The van der Waals surface area contributed by atoms with Crippen molar-refractivity contribution in [2.75, 3.05) is 56.7 Å². The molecule has 1 aromatic carbocycles. The van der Waals surface area contributed by atoms with Crippen molar-refractivity contribution in [2.24, 2.45) is 0 Å². The maximum absolute atomic E-state index is 11.7. The second kappa shape index (κ2) is 9.95. The monoisotopic (exact) mass is 386 g/mol. The fourth-order valence-corrected chi connectivity index (χ4v) is 3.21. The number of ether oxygens (including phenoxy) is 1. The van der Waals surface area contributed by atoms with Crippen molar-refractivity contribution in [2.45, 2.75) is 13.0 Å². The zero-order valence-electron chi connectivity index (χ0n) is 16.1. The number of hydrogen-bond donors (Lipinski definition) is 1. The van der Waals surface area contributed by atoms with Gasteiger partial charge in [-0.25, -0.2) is 9.97 Å². The van der Waals surface area contributed by atoms with Crippen LogP contribution >= 0.6 is 0 Å². The van der Waals surface area contributed by atoms with Crippen LogP contribution in [0, 0.1) is 10.1 Å². The lowest BCUT2D eigenvalue weighted by Crippen LogP contribution is -2.37. The Morgan fingerprint density at radius 3 is 2.71 bits per heavy atom. The summed E-state index contributed by atoms with van der Waals surface area (Å²) in [7, 11) is 1.80. The quantitative estimate of drug-likeness (QED) is 0.398. The summed E-state index contributed by atoms with van der Waals surface area (Å²) in [6.07, 6.45) is 2.24. The molecule has 1 N–H and O–H groups in total. The van der Waals surface area contributed by atoms with Gasteiger partial charge in [0.15, 0.2) is 0 Å². The zero-order chi connectivity index (χ0) is 19.8. The standard InChI is InChI=1S/C19H26N6O3/c1-23(14-16-6-3-2-4-7-16)19-17(25(26)27)18(21-15-22-19)20-8-5-9-24-10-12-28-13-11-24/h2-4,6-7,15H,5,8-14H2,1H3,(H,20,21,22). The molecule has 0 spiro atoms. The number of nitro groups is 1. The molecule has 28 heavy (non-hydrogen) atoms. The fourth-order valence-electron chi connectivity index (χ4n) is 3.21. The Labute approximate surface area is 164 Å². The van der Waals surface area contributed by atoms with Gasteiger partial charge >= 0.3 is 5.69 Å². The third-order valence-electron chi connectivity index (χ3n) is 4.66. The Balaban J connectivity index is 1.64. The van der Waals surface area contributed by atoms with E-state index in [2.05, 4.69) is 20.2 Å². The summed E-state index contributed by atoms with van der Waals surface area (Å²) in [6.45, 7) is 5.45. The molecule has 0 amide bonds. The van der Waals surface area contributed by atoms with Gasteiger partial charge in [0, 0.05) is 33.2 Å². The van der Waals surface area contributed by atoms with Crippen molar-refractivity contribution in [1.29, 1.82) is 0 Å². The van der Waals surface area contributed by atoms with Crippen molar-refractivity contribution in [3.05, 3.63) is 52.3 Å². The summed E-state index contributed by atoms with van der Waals surface area (Å²) in [4.78, 5) is 23.7. The SMILES string of the molecule is CN(Cc1ccccc1)c1ncnc(NCCCN2CCOCC2)c1[N+](=O)[O-]. The Hall–Kier alpha value is -2.78. The first-order valence-electron chi connectivity index (χ1n) is 9.43. The number of nitrogens with zero attached hydrogens (tertiary/aromatic N) is 5. The van der Waals surface area contributed by atoms with Crippen molar-refractivity contribution >= 4 is 17.3 Å². The second-order valence-corrected chi connectivity index (χ2v) is 6.73. The van der Waals surface area contributed by atoms with Crippen LogP contribution in [0.2, 0.25) is 0 Å². The largest absolute Gasteiger partial charge is 0.379 e. The summed E-state index contributed by atoms with van der Waals surface area (Å²) < 4.78 is 5.34. The molecular weight excluding hydrogens is 360 g/mol. The van der Waals surface area contributed by atoms with E-state index in [1.165, 1.54) is 6.33 Å². The van der Waals surface area contributed by atoms with Gasteiger partial charge in [-0.2, -0.15) is 0 Å². The van der Waals surface area contributed by atoms with Gasteiger partial charge < -0.3 is 15.0 Å². The average Bonchev–Trinajstić information content (AvgIpc) is 2.72. The number of anilines is 2. The normalized spacial score (nSPS) is 14.6. The summed E-state index contributed by atoms with van der Waals surface area (Å²) >= 11 is 0. The van der Waals surface area contributed by atoms with Crippen molar-refractivity contribution in [3.8, 4) is 0 Å². The average molecular weight is 386 g/mol. The number of rotatable bonds is 9. The van der Waals surface area contributed by atoms with Gasteiger partial charge in [0.1, 0.15) is 6.33 Å². The topological polar surface area (TPSA) is 96.7 Å². The second-order valence-electron chi connectivity index (χ2n) is 6.73. The molecule has 0 aliphatic carbocycles. The predicted octanol–water partition coefficient (Wildman–Crippen LogP) is 2.16. The highest BCUT2D eigenvalue weighted by Gasteiger charge is 2.25. The molecule has 0 saturated carbocycles. The highest BCUT2D eigenvalue weighted by Crippen LogP contribution is 2.31. The van der Waals surface area contributed by atoms with Crippen LogP contribution in [0.4, 0.5) is 17.3 Å². The van der Waals surface area contributed by atoms with Gasteiger partial charge in [0.05, 0.1) is 18.1 Å². The van der Waals surface area contributed by atoms with Crippen LogP contribution in [-0.2, 0) is 11.3 Å². The molecule has 1 fully saturated rings. The minimum Gasteiger partial charge on any atom is -0.379 e. The number of morpholine rings is 1. The fraction of sp³-hybridized carbons (Fsp3) is 0.474. The van der Waals surface area contributed by atoms with Crippen LogP contribution in [0.1, 0.15) is 12.0 Å². The third kappa shape index (κ3) is 5.37. The molecular formula is C19H26N6O3. The molecule has 9 heteroatoms. The minimum absolute atomic E-state index is 0.0905. The Morgan fingerprint density at radius 1 is 1.25 bits per heavy atom. The molecule has 2 aromatic rings. The predicted molar refractivity (Wildman–Crippen MR) is 108 cm³/mol. The van der Waals surface area contributed by atoms with Crippen LogP contribution < -0.4 is 10.2 Å².